The first-order valence-electron chi connectivity index (χ1n) is 10.6. The van der Waals surface area contributed by atoms with Gasteiger partial charge in [-0.15, -0.1) is 0 Å². The third-order valence-electron chi connectivity index (χ3n) is 5.61. The van der Waals surface area contributed by atoms with E-state index in [1.54, 1.807) is 0 Å². The van der Waals surface area contributed by atoms with Crippen molar-refractivity contribution in [1.29, 1.82) is 0 Å². The van der Waals surface area contributed by atoms with E-state index in [1.165, 1.54) is 12.8 Å². The van der Waals surface area contributed by atoms with Gasteiger partial charge in [0, 0.05) is 30.9 Å². The first kappa shape index (κ1) is 20.8. The molecule has 0 N–H and O–H groups in total. The topological polar surface area (TPSA) is 21.7 Å². The average Bonchev–Trinajstić information content (AvgIpc) is 2.79. The predicted octanol–water partition coefficient (Wildman–Crippen LogP) is 6.84. The summed E-state index contributed by atoms with van der Waals surface area (Å²) in [5.41, 5.74) is 3.46. The minimum Gasteiger partial charge on any atom is -0.487 e. The third-order valence-corrected chi connectivity index (χ3v) is 6.40. The van der Waals surface area contributed by atoms with Gasteiger partial charge in [0.1, 0.15) is 29.2 Å². The third kappa shape index (κ3) is 5.37. The monoisotopic (exact) mass is 465 g/mol. The molecule has 3 aromatic rings. The Hall–Kier alpha value is -2.46. The van der Waals surface area contributed by atoms with Gasteiger partial charge in [0.05, 0.1) is 0 Å². The molecule has 0 amide bonds. The van der Waals surface area contributed by atoms with Crippen LogP contribution in [0, 0.1) is 5.92 Å². The van der Waals surface area contributed by atoms with Crippen molar-refractivity contribution in [1.82, 2.24) is 0 Å². The number of ether oxygens (including phenoxy) is 2. The summed E-state index contributed by atoms with van der Waals surface area (Å²) in [4.78, 5) is 2.44. The highest BCUT2D eigenvalue weighted by atomic mass is 79.9. The van der Waals surface area contributed by atoms with Gasteiger partial charge >= 0.3 is 0 Å². The van der Waals surface area contributed by atoms with Crippen molar-refractivity contribution in [2.45, 2.75) is 33.0 Å². The number of hydrogen-bond donors (Lipinski definition) is 0. The van der Waals surface area contributed by atoms with Gasteiger partial charge < -0.3 is 14.4 Å². The summed E-state index contributed by atoms with van der Waals surface area (Å²) in [6, 6.07) is 24.8. The fourth-order valence-corrected chi connectivity index (χ4v) is 4.15. The molecule has 4 heteroatoms. The van der Waals surface area contributed by atoms with Crippen molar-refractivity contribution in [2.75, 3.05) is 18.0 Å². The van der Waals surface area contributed by atoms with Crippen LogP contribution in [0.15, 0.2) is 77.3 Å². The summed E-state index contributed by atoms with van der Waals surface area (Å²) < 4.78 is 13.3. The molecule has 0 bridgehead atoms. The van der Waals surface area contributed by atoms with Crippen molar-refractivity contribution in [2.24, 2.45) is 5.92 Å². The van der Waals surface area contributed by atoms with Crippen LogP contribution in [-0.2, 0) is 13.2 Å². The van der Waals surface area contributed by atoms with E-state index < -0.39 is 0 Å². The number of nitrogens with zero attached hydrogens (tertiary/aromatic N) is 1. The molecule has 0 atom stereocenters. The maximum atomic E-state index is 6.21. The maximum absolute atomic E-state index is 6.21. The molecule has 3 nitrogen and oxygen atoms in total. The Balaban J connectivity index is 1.57. The molecule has 1 saturated heterocycles. The normalized spacial score (nSPS) is 14.5. The Morgan fingerprint density at radius 1 is 0.800 bits per heavy atom. The largest absolute Gasteiger partial charge is 0.487 e. The molecule has 30 heavy (non-hydrogen) atoms. The van der Waals surface area contributed by atoms with Gasteiger partial charge in [0.25, 0.3) is 0 Å². The van der Waals surface area contributed by atoms with Crippen LogP contribution in [0.25, 0.3) is 0 Å². The van der Waals surface area contributed by atoms with E-state index in [0.717, 1.165) is 51.8 Å². The van der Waals surface area contributed by atoms with E-state index >= 15 is 0 Å². The number of benzene rings is 3. The summed E-state index contributed by atoms with van der Waals surface area (Å²) >= 11 is 3.73. The molecule has 1 heterocycles. The molecule has 0 unspecified atom stereocenters. The second-order valence-electron chi connectivity index (χ2n) is 7.97. The van der Waals surface area contributed by atoms with Crippen molar-refractivity contribution >= 4 is 21.6 Å². The Kier molecular flexibility index (Phi) is 6.96. The van der Waals surface area contributed by atoms with Crippen LogP contribution in [-0.4, -0.2) is 13.1 Å². The summed E-state index contributed by atoms with van der Waals surface area (Å²) in [7, 11) is 0. The summed E-state index contributed by atoms with van der Waals surface area (Å²) in [6.45, 7) is 5.52. The van der Waals surface area contributed by atoms with Gasteiger partial charge in [-0.2, -0.15) is 0 Å². The van der Waals surface area contributed by atoms with E-state index in [2.05, 4.69) is 64.2 Å². The van der Waals surface area contributed by atoms with Crippen LogP contribution in [0.3, 0.4) is 0 Å². The predicted molar refractivity (Wildman–Crippen MR) is 126 cm³/mol. The van der Waals surface area contributed by atoms with Crippen molar-refractivity contribution in [3.63, 3.8) is 0 Å². The van der Waals surface area contributed by atoms with Crippen LogP contribution in [0.2, 0.25) is 0 Å². The van der Waals surface area contributed by atoms with Gasteiger partial charge in [-0.3, -0.25) is 0 Å². The Bertz CT molecular complexity index is 873. The van der Waals surface area contributed by atoms with Gasteiger partial charge in [-0.1, -0.05) is 67.6 Å². The first-order valence-corrected chi connectivity index (χ1v) is 11.4. The minimum atomic E-state index is 0.526. The molecule has 0 saturated carbocycles. The summed E-state index contributed by atoms with van der Waals surface area (Å²) in [5, 5.41) is 0. The Morgan fingerprint density at radius 2 is 1.27 bits per heavy atom. The Morgan fingerprint density at radius 3 is 1.73 bits per heavy atom. The molecule has 4 rings (SSSR count). The molecule has 1 fully saturated rings. The van der Waals surface area contributed by atoms with Crippen LogP contribution in [0.5, 0.6) is 11.5 Å². The minimum absolute atomic E-state index is 0.526. The second kappa shape index (κ2) is 10.0. The zero-order valence-electron chi connectivity index (χ0n) is 17.4. The van der Waals surface area contributed by atoms with Crippen LogP contribution < -0.4 is 14.4 Å². The molecule has 0 spiro atoms. The highest BCUT2D eigenvalue weighted by Gasteiger charge is 2.20. The van der Waals surface area contributed by atoms with Gasteiger partial charge in [-0.25, -0.2) is 0 Å². The highest BCUT2D eigenvalue weighted by Crippen LogP contribution is 2.40. The second-order valence-corrected chi connectivity index (χ2v) is 8.77. The zero-order chi connectivity index (χ0) is 20.8. The molecular formula is C26H28BrNO2. The lowest BCUT2D eigenvalue weighted by atomic mass is 9.99. The van der Waals surface area contributed by atoms with E-state index in [9.17, 15) is 0 Å². The number of piperidine rings is 1. The van der Waals surface area contributed by atoms with Gasteiger partial charge in [0.15, 0.2) is 0 Å². The van der Waals surface area contributed by atoms with E-state index in [1.807, 2.05) is 36.4 Å². The van der Waals surface area contributed by atoms with Crippen molar-refractivity contribution in [3.05, 3.63) is 88.4 Å². The van der Waals surface area contributed by atoms with Gasteiger partial charge in [-0.05, 0) is 45.8 Å². The van der Waals surface area contributed by atoms with Crippen molar-refractivity contribution in [3.8, 4) is 11.5 Å². The number of rotatable bonds is 7. The molecule has 3 aromatic carbocycles. The number of hydrogen-bond acceptors (Lipinski definition) is 3. The van der Waals surface area contributed by atoms with Crippen molar-refractivity contribution < 1.29 is 9.47 Å². The Labute approximate surface area is 187 Å². The lowest BCUT2D eigenvalue weighted by Gasteiger charge is -2.32. The van der Waals surface area contributed by atoms with Crippen LogP contribution in [0.4, 0.5) is 5.69 Å². The highest BCUT2D eigenvalue weighted by molar-refractivity contribution is 9.10. The maximum Gasteiger partial charge on any atom is 0.139 e. The molecule has 1 aliphatic rings. The van der Waals surface area contributed by atoms with E-state index in [4.69, 9.17) is 9.47 Å². The fourth-order valence-electron chi connectivity index (χ4n) is 3.69. The van der Waals surface area contributed by atoms with E-state index in [0.29, 0.717) is 13.2 Å². The first-order chi connectivity index (χ1) is 14.7. The molecular weight excluding hydrogens is 438 g/mol. The molecule has 0 radical (unpaired) electrons. The smallest absolute Gasteiger partial charge is 0.139 e. The molecule has 0 aliphatic carbocycles. The number of halogens is 1. The standard InChI is InChI=1S/C26H28BrNO2/c1-20-12-14-28(15-13-20)23-16-24(29-18-21-8-4-2-5-9-21)26(27)25(17-23)30-19-22-10-6-3-7-11-22/h2-11,16-17,20H,12-15,18-19H2,1H3. The lowest BCUT2D eigenvalue weighted by molar-refractivity contribution is 0.286. The van der Waals surface area contributed by atoms with Crippen LogP contribution >= 0.6 is 15.9 Å². The lowest BCUT2D eigenvalue weighted by Crippen LogP contribution is -2.32. The SMILES string of the molecule is CC1CCN(c2cc(OCc3ccccc3)c(Br)c(OCc3ccccc3)c2)CC1. The summed E-state index contributed by atoms with van der Waals surface area (Å²) in [6.07, 6.45) is 2.44. The van der Waals surface area contributed by atoms with Crippen LogP contribution in [0.1, 0.15) is 30.9 Å². The molecule has 0 aromatic heterocycles. The quantitative estimate of drug-likeness (QED) is 0.380. The molecule has 1 aliphatic heterocycles. The summed E-state index contributed by atoms with van der Waals surface area (Å²) in [5.74, 6) is 2.43. The van der Waals surface area contributed by atoms with E-state index in [-0.39, 0.29) is 0 Å². The molecule has 156 valence electrons. The fraction of sp³-hybridized carbons (Fsp3) is 0.308. The average molecular weight is 466 g/mol. The number of anilines is 1. The van der Waals surface area contributed by atoms with Gasteiger partial charge in [0.2, 0.25) is 0 Å². The zero-order valence-corrected chi connectivity index (χ0v) is 19.0.